The molecule has 5 aliphatic rings. The molecule has 3 aliphatic carbocycles. The highest BCUT2D eigenvalue weighted by molar-refractivity contribution is 5.84. The lowest BCUT2D eigenvalue weighted by molar-refractivity contribution is -0.308. The zero-order valence-corrected chi connectivity index (χ0v) is 21.4. The van der Waals surface area contributed by atoms with Gasteiger partial charge in [0, 0.05) is 22.8 Å². The average Bonchev–Trinajstić information content (AvgIpc) is 3.42. The molecule has 196 valence electrons. The number of allylic oxidation sites excluding steroid dienone is 3. The van der Waals surface area contributed by atoms with Gasteiger partial charge < -0.3 is 25.0 Å². The summed E-state index contributed by atoms with van der Waals surface area (Å²) in [6, 6.07) is 7.75. The van der Waals surface area contributed by atoms with Gasteiger partial charge in [-0.15, -0.1) is 0 Å². The minimum Gasteiger partial charge on any atom is -0.389 e. The van der Waals surface area contributed by atoms with Crippen molar-refractivity contribution in [3.05, 3.63) is 53.8 Å². The second kappa shape index (κ2) is 7.45. The molecule has 7 rings (SSSR count). The Morgan fingerprint density at radius 3 is 2.70 bits per heavy atom. The number of alkyl halides is 1. The lowest BCUT2D eigenvalue weighted by Crippen LogP contribution is -2.78. The summed E-state index contributed by atoms with van der Waals surface area (Å²) in [6.45, 7) is 2.25. The van der Waals surface area contributed by atoms with Crippen molar-refractivity contribution in [1.29, 1.82) is 0 Å². The number of hydrogen-bond donors (Lipinski definition) is 3. The number of aliphatic hydroxyl groups excluding tert-OH is 3. The van der Waals surface area contributed by atoms with Crippen molar-refractivity contribution in [2.75, 3.05) is 14.1 Å². The first kappa shape index (κ1) is 23.9. The lowest BCUT2D eigenvalue weighted by Gasteiger charge is -2.62. The lowest BCUT2D eigenvalue weighted by atomic mass is 9.55. The van der Waals surface area contributed by atoms with E-state index in [1.54, 1.807) is 6.20 Å². The Kier molecular flexibility index (Phi) is 4.80. The Morgan fingerprint density at radius 1 is 1.11 bits per heavy atom. The second-order valence-electron chi connectivity index (χ2n) is 12.3. The molecule has 3 N–H and O–H groups in total. The first-order valence-electron chi connectivity index (χ1n) is 13.3. The van der Waals surface area contributed by atoms with Crippen molar-refractivity contribution in [2.24, 2.45) is 11.3 Å². The number of likely N-dealkylation sites (N-methyl/N-ethyl adjacent to an activating group) is 1. The molecule has 0 amide bonds. The molecule has 2 bridgehead atoms. The summed E-state index contributed by atoms with van der Waals surface area (Å²) in [5.41, 5.74) is -1.21. The molecule has 1 saturated carbocycles. The maximum atomic E-state index is 17.0. The van der Waals surface area contributed by atoms with Crippen LogP contribution in [0.25, 0.3) is 16.5 Å². The van der Waals surface area contributed by atoms with Crippen LogP contribution in [0.15, 0.2) is 48.2 Å². The second-order valence-corrected chi connectivity index (χ2v) is 12.3. The molecule has 3 fully saturated rings. The molecule has 37 heavy (non-hydrogen) atoms. The van der Waals surface area contributed by atoms with Crippen molar-refractivity contribution in [1.82, 2.24) is 15.1 Å². The summed E-state index contributed by atoms with van der Waals surface area (Å²) >= 11 is 0. The standard InChI is InChI=1S/C29H34FN3O4/c1-26-10-8-19-24(35)29(30)25(36)23(34)21(33(2)3)15-27(29)11-12-28(19,37-27)22(26)7-6-18(26)17-5-4-16-9-13-31-32-20(16)14-17/h4-6,8-9,13-14,21-25,34-36H,7,10-12,15H2,1-3H3. The molecule has 2 aromatic rings. The van der Waals surface area contributed by atoms with E-state index in [-0.39, 0.29) is 17.8 Å². The Labute approximate surface area is 215 Å². The van der Waals surface area contributed by atoms with Crippen LogP contribution in [0.3, 0.4) is 0 Å². The Hall–Kier alpha value is -2.23. The first-order chi connectivity index (χ1) is 17.6. The van der Waals surface area contributed by atoms with E-state index < -0.39 is 41.2 Å². The quantitative estimate of drug-likeness (QED) is 0.538. The predicted octanol–water partition coefficient (Wildman–Crippen LogP) is 2.80. The molecule has 9 unspecified atom stereocenters. The minimum absolute atomic E-state index is 0.0212. The van der Waals surface area contributed by atoms with Crippen molar-refractivity contribution < 1.29 is 24.4 Å². The Morgan fingerprint density at radius 2 is 1.92 bits per heavy atom. The van der Waals surface area contributed by atoms with Crippen LogP contribution in [0.5, 0.6) is 0 Å². The fourth-order valence-corrected chi connectivity index (χ4v) is 8.68. The van der Waals surface area contributed by atoms with Crippen molar-refractivity contribution in [3.8, 4) is 0 Å². The van der Waals surface area contributed by atoms with Gasteiger partial charge in [-0.05, 0) is 75.0 Å². The number of hydrogen-bond acceptors (Lipinski definition) is 7. The van der Waals surface area contributed by atoms with E-state index >= 15 is 4.39 Å². The highest BCUT2D eigenvalue weighted by Gasteiger charge is 2.79. The number of nitrogens with zero attached hydrogens (tertiary/aromatic N) is 3. The van der Waals surface area contributed by atoms with Crippen LogP contribution in [-0.4, -0.2) is 85.7 Å². The van der Waals surface area contributed by atoms with Gasteiger partial charge in [0.1, 0.15) is 17.8 Å². The molecule has 0 radical (unpaired) electrons. The number of aromatic nitrogens is 2. The molecular weight excluding hydrogens is 473 g/mol. The van der Waals surface area contributed by atoms with E-state index in [1.165, 1.54) is 5.57 Å². The van der Waals surface area contributed by atoms with E-state index in [2.05, 4.69) is 41.4 Å². The largest absolute Gasteiger partial charge is 0.389 e. The normalized spacial score (nSPS) is 46.3. The van der Waals surface area contributed by atoms with Gasteiger partial charge in [-0.3, -0.25) is 0 Å². The fourth-order valence-electron chi connectivity index (χ4n) is 8.68. The molecule has 1 aromatic heterocycles. The summed E-state index contributed by atoms with van der Waals surface area (Å²) in [6.07, 6.45) is 3.89. The van der Waals surface area contributed by atoms with Gasteiger partial charge >= 0.3 is 0 Å². The number of aliphatic hydroxyl groups is 3. The van der Waals surface area contributed by atoms with Crippen LogP contribution >= 0.6 is 0 Å². The summed E-state index contributed by atoms with van der Waals surface area (Å²) in [5.74, 6) is 0.0212. The highest BCUT2D eigenvalue weighted by atomic mass is 19.1. The van der Waals surface area contributed by atoms with Gasteiger partial charge in [0.25, 0.3) is 0 Å². The summed E-state index contributed by atoms with van der Waals surface area (Å²) in [4.78, 5) is 1.82. The summed E-state index contributed by atoms with van der Waals surface area (Å²) in [7, 11) is 3.63. The number of benzene rings is 1. The van der Waals surface area contributed by atoms with E-state index in [0.29, 0.717) is 24.8 Å². The van der Waals surface area contributed by atoms with Crippen LogP contribution < -0.4 is 0 Å². The third kappa shape index (κ3) is 2.73. The van der Waals surface area contributed by atoms with Crippen LogP contribution in [0, 0.1) is 11.3 Å². The van der Waals surface area contributed by atoms with Gasteiger partial charge in [0.05, 0.1) is 23.4 Å². The summed E-state index contributed by atoms with van der Waals surface area (Å²) in [5, 5.41) is 42.9. The molecule has 8 heteroatoms. The van der Waals surface area contributed by atoms with Crippen molar-refractivity contribution in [2.45, 2.75) is 80.3 Å². The SMILES string of the molecule is CN(C)C1CC23CCC4(O2)C(=CCC2(C)C(c5ccc6ccnnc6c5)=CCC24)C(O)C3(F)C(O)C1O. The monoisotopic (exact) mass is 507 g/mol. The molecule has 7 nitrogen and oxygen atoms in total. The number of rotatable bonds is 2. The fraction of sp³-hybridized carbons (Fsp3) is 0.586. The van der Waals surface area contributed by atoms with E-state index in [9.17, 15) is 15.3 Å². The van der Waals surface area contributed by atoms with Gasteiger partial charge in [-0.25, -0.2) is 4.39 Å². The Balaban J connectivity index is 1.32. The molecule has 2 spiro atoms. The first-order valence-corrected chi connectivity index (χ1v) is 13.3. The smallest absolute Gasteiger partial charge is 0.197 e. The van der Waals surface area contributed by atoms with Crippen molar-refractivity contribution >= 4 is 16.5 Å². The summed E-state index contributed by atoms with van der Waals surface area (Å²) < 4.78 is 23.9. The predicted molar refractivity (Wildman–Crippen MR) is 136 cm³/mol. The highest BCUT2D eigenvalue weighted by Crippen LogP contribution is 2.70. The third-order valence-electron chi connectivity index (χ3n) is 10.6. The molecule has 9 atom stereocenters. The molecular formula is C29H34FN3O4. The van der Waals surface area contributed by atoms with Gasteiger partial charge in [0.2, 0.25) is 0 Å². The van der Waals surface area contributed by atoms with Crippen LogP contribution in [-0.2, 0) is 4.74 Å². The minimum atomic E-state index is -2.47. The van der Waals surface area contributed by atoms with Crippen molar-refractivity contribution in [3.63, 3.8) is 0 Å². The van der Waals surface area contributed by atoms with E-state index in [4.69, 9.17) is 4.74 Å². The van der Waals surface area contributed by atoms with Gasteiger partial charge in [0.15, 0.2) is 5.67 Å². The number of fused-ring (bicyclic) bond motifs is 2. The van der Waals surface area contributed by atoms with Gasteiger partial charge in [-0.2, -0.15) is 10.2 Å². The number of ether oxygens (including phenoxy) is 1. The Bertz CT molecular complexity index is 1360. The average molecular weight is 508 g/mol. The zero-order chi connectivity index (χ0) is 26.0. The maximum Gasteiger partial charge on any atom is 0.197 e. The van der Waals surface area contributed by atoms with E-state index in [0.717, 1.165) is 22.9 Å². The van der Waals surface area contributed by atoms with Gasteiger partial charge in [-0.1, -0.05) is 31.2 Å². The zero-order valence-electron chi connectivity index (χ0n) is 21.4. The molecule has 3 heterocycles. The number of halogens is 1. The maximum absolute atomic E-state index is 17.0. The van der Waals surface area contributed by atoms with Crippen LogP contribution in [0.4, 0.5) is 4.39 Å². The molecule has 2 aliphatic heterocycles. The van der Waals surface area contributed by atoms with Crippen LogP contribution in [0.2, 0.25) is 0 Å². The topological polar surface area (TPSA) is 98.9 Å². The molecule has 1 aromatic carbocycles. The third-order valence-corrected chi connectivity index (χ3v) is 10.6. The molecule has 2 saturated heterocycles. The van der Waals surface area contributed by atoms with E-state index in [1.807, 2.05) is 31.1 Å². The van der Waals surface area contributed by atoms with Crippen LogP contribution in [0.1, 0.15) is 44.6 Å².